The Kier molecular flexibility index (Phi) is 6.17. The number of aliphatic hydroxyl groups excluding tert-OH is 1. The van der Waals surface area contributed by atoms with E-state index in [0.717, 1.165) is 63.4 Å². The fraction of sp³-hybridized carbons (Fsp3) is 0.852. The molecule has 0 spiro atoms. The van der Waals surface area contributed by atoms with Crippen LogP contribution in [0, 0.1) is 46.3 Å². The summed E-state index contributed by atoms with van der Waals surface area (Å²) in [5.74, 6) is 1.76. The van der Waals surface area contributed by atoms with Crippen molar-refractivity contribution in [2.24, 2.45) is 46.3 Å². The molecule has 4 fully saturated rings. The Bertz CT molecular complexity index is 756. The molecule has 9 atom stereocenters. The van der Waals surface area contributed by atoms with E-state index in [0.29, 0.717) is 29.5 Å². The third kappa shape index (κ3) is 3.61. The van der Waals surface area contributed by atoms with Gasteiger partial charge in [-0.25, -0.2) is 0 Å². The van der Waals surface area contributed by atoms with Crippen LogP contribution >= 0.6 is 0 Å². The molecule has 0 aliphatic heterocycles. The number of fused-ring (bicyclic) bond motifs is 5. The second-order valence-corrected chi connectivity index (χ2v) is 11.8. The lowest BCUT2D eigenvalue weighted by molar-refractivity contribution is -0.150. The highest BCUT2D eigenvalue weighted by Crippen LogP contribution is 2.68. The molecule has 0 aromatic rings. The molecule has 4 saturated carbocycles. The maximum absolute atomic E-state index is 14.0. The van der Waals surface area contributed by atoms with Crippen molar-refractivity contribution in [2.75, 3.05) is 0 Å². The fourth-order valence-electron chi connectivity index (χ4n) is 8.84. The van der Waals surface area contributed by atoms with Gasteiger partial charge in [0.05, 0.1) is 6.10 Å². The van der Waals surface area contributed by atoms with Crippen molar-refractivity contribution in [3.05, 3.63) is 11.6 Å². The van der Waals surface area contributed by atoms with Crippen LogP contribution in [-0.2, 0) is 9.59 Å². The Morgan fingerprint density at radius 2 is 1.81 bits per heavy atom. The topological polar surface area (TPSA) is 74.6 Å². The van der Waals surface area contributed by atoms with Crippen molar-refractivity contribution in [1.29, 1.82) is 0 Å². The number of allylic oxidation sites excluding steroid dienone is 2. The fourth-order valence-corrected chi connectivity index (χ4v) is 8.84. The number of rotatable bonds is 5. The molecule has 0 aromatic carbocycles. The molecule has 2 N–H and O–H groups in total. The zero-order valence-corrected chi connectivity index (χ0v) is 19.9. The van der Waals surface area contributed by atoms with Crippen LogP contribution in [0.1, 0.15) is 91.9 Å². The minimum Gasteiger partial charge on any atom is -0.481 e. The molecule has 4 nitrogen and oxygen atoms in total. The minimum absolute atomic E-state index is 0.115. The average molecular weight is 431 g/mol. The molecule has 0 heterocycles. The maximum Gasteiger partial charge on any atom is 0.303 e. The summed E-state index contributed by atoms with van der Waals surface area (Å²) in [6.45, 7) is 9.18. The summed E-state index contributed by atoms with van der Waals surface area (Å²) in [7, 11) is 0. The van der Waals surface area contributed by atoms with Gasteiger partial charge in [0.15, 0.2) is 5.78 Å². The number of hydrogen-bond acceptors (Lipinski definition) is 3. The van der Waals surface area contributed by atoms with Crippen LogP contribution in [0.25, 0.3) is 0 Å². The number of carboxylic acids is 1. The van der Waals surface area contributed by atoms with E-state index < -0.39 is 5.97 Å². The van der Waals surface area contributed by atoms with Crippen LogP contribution in [0.3, 0.4) is 0 Å². The number of carboxylic acid groups (broad SMARTS) is 1. The SMILES string of the molecule is CC/C=C1/C(=O)C2[C@H](CC[C@]3(C)[C@@H](C(C)CCC(=O)O)CC[C@@H]23)[C@@]2(C)CC[C@@H](O)C[C@@H]12. The monoisotopic (exact) mass is 430 g/mol. The van der Waals surface area contributed by atoms with E-state index in [4.69, 9.17) is 5.11 Å². The molecular weight excluding hydrogens is 388 g/mol. The zero-order chi connectivity index (χ0) is 22.6. The van der Waals surface area contributed by atoms with Crippen molar-refractivity contribution >= 4 is 11.8 Å². The predicted octanol–water partition coefficient (Wildman–Crippen LogP) is 5.63. The Hall–Kier alpha value is -1.16. The van der Waals surface area contributed by atoms with E-state index in [1.54, 1.807) is 0 Å². The molecule has 2 unspecified atom stereocenters. The first-order valence-corrected chi connectivity index (χ1v) is 12.8. The summed E-state index contributed by atoms with van der Waals surface area (Å²) >= 11 is 0. The van der Waals surface area contributed by atoms with E-state index in [9.17, 15) is 14.7 Å². The van der Waals surface area contributed by atoms with Gasteiger partial charge in [-0.05, 0) is 104 Å². The van der Waals surface area contributed by atoms with Gasteiger partial charge in [0.25, 0.3) is 0 Å². The molecule has 174 valence electrons. The lowest BCUT2D eigenvalue weighted by Crippen LogP contribution is -2.58. The van der Waals surface area contributed by atoms with Gasteiger partial charge in [-0.1, -0.05) is 33.8 Å². The first-order chi connectivity index (χ1) is 14.6. The van der Waals surface area contributed by atoms with Gasteiger partial charge in [0.2, 0.25) is 0 Å². The number of ketones is 1. The zero-order valence-electron chi connectivity index (χ0n) is 19.9. The smallest absolute Gasteiger partial charge is 0.303 e. The van der Waals surface area contributed by atoms with Gasteiger partial charge in [0.1, 0.15) is 0 Å². The van der Waals surface area contributed by atoms with Crippen molar-refractivity contribution < 1.29 is 19.8 Å². The van der Waals surface area contributed by atoms with Crippen molar-refractivity contribution in [3.63, 3.8) is 0 Å². The summed E-state index contributed by atoms with van der Waals surface area (Å²) in [6.07, 6.45) is 10.9. The molecule has 0 bridgehead atoms. The quantitative estimate of drug-likeness (QED) is 0.554. The molecule has 4 heteroatoms. The summed E-state index contributed by atoms with van der Waals surface area (Å²) in [5, 5.41) is 19.6. The first-order valence-electron chi connectivity index (χ1n) is 12.8. The Labute approximate surface area is 187 Å². The lowest BCUT2D eigenvalue weighted by Gasteiger charge is -2.61. The molecule has 4 aliphatic rings. The number of hydrogen-bond donors (Lipinski definition) is 2. The highest BCUT2D eigenvalue weighted by Gasteiger charge is 2.64. The normalized spacial score (nSPS) is 46.9. The number of Topliss-reactive ketones (excluding diaryl/α,β-unsaturated/α-hetero) is 1. The third-order valence-corrected chi connectivity index (χ3v) is 10.4. The predicted molar refractivity (Wildman–Crippen MR) is 121 cm³/mol. The Morgan fingerprint density at radius 1 is 1.13 bits per heavy atom. The summed E-state index contributed by atoms with van der Waals surface area (Å²) < 4.78 is 0. The number of aliphatic carboxylic acids is 1. The molecule has 0 saturated heterocycles. The van der Waals surface area contributed by atoms with Crippen LogP contribution in [0.15, 0.2) is 11.6 Å². The van der Waals surface area contributed by atoms with Crippen molar-refractivity contribution in [2.45, 2.75) is 98.0 Å². The molecular formula is C27H42O4. The summed E-state index contributed by atoms with van der Waals surface area (Å²) in [5.41, 5.74) is 1.29. The minimum atomic E-state index is -0.703. The van der Waals surface area contributed by atoms with E-state index in [2.05, 4.69) is 33.8 Å². The molecule has 31 heavy (non-hydrogen) atoms. The van der Waals surface area contributed by atoms with E-state index in [1.165, 1.54) is 0 Å². The number of carbonyl (C=O) groups excluding carboxylic acids is 1. The van der Waals surface area contributed by atoms with Gasteiger partial charge in [-0.3, -0.25) is 9.59 Å². The van der Waals surface area contributed by atoms with E-state index >= 15 is 0 Å². The average Bonchev–Trinajstić information content (AvgIpc) is 3.07. The van der Waals surface area contributed by atoms with Gasteiger partial charge >= 0.3 is 5.97 Å². The summed E-state index contributed by atoms with van der Waals surface area (Å²) in [6, 6.07) is 0. The highest BCUT2D eigenvalue weighted by atomic mass is 16.4. The van der Waals surface area contributed by atoms with Crippen LogP contribution in [-0.4, -0.2) is 28.1 Å². The molecule has 0 radical (unpaired) electrons. The first kappa shape index (κ1) is 23.0. The third-order valence-electron chi connectivity index (χ3n) is 10.4. The van der Waals surface area contributed by atoms with Crippen LogP contribution in [0.4, 0.5) is 0 Å². The molecule has 0 amide bonds. The lowest BCUT2D eigenvalue weighted by atomic mass is 9.43. The summed E-state index contributed by atoms with van der Waals surface area (Å²) in [4.78, 5) is 25.1. The van der Waals surface area contributed by atoms with Crippen LogP contribution in [0.5, 0.6) is 0 Å². The number of aliphatic hydroxyl groups is 1. The van der Waals surface area contributed by atoms with Crippen LogP contribution < -0.4 is 0 Å². The molecule has 4 aliphatic carbocycles. The number of carbonyl (C=O) groups is 2. The van der Waals surface area contributed by atoms with E-state index in [-0.39, 0.29) is 35.2 Å². The van der Waals surface area contributed by atoms with E-state index in [1.807, 2.05) is 0 Å². The molecule has 0 aromatic heterocycles. The van der Waals surface area contributed by atoms with Crippen molar-refractivity contribution in [1.82, 2.24) is 0 Å². The Morgan fingerprint density at radius 3 is 2.48 bits per heavy atom. The second-order valence-electron chi connectivity index (χ2n) is 11.8. The van der Waals surface area contributed by atoms with Crippen molar-refractivity contribution in [3.8, 4) is 0 Å². The largest absolute Gasteiger partial charge is 0.481 e. The molecule has 4 rings (SSSR count). The second kappa shape index (κ2) is 8.32. The Balaban J connectivity index is 1.66. The van der Waals surface area contributed by atoms with Gasteiger partial charge < -0.3 is 10.2 Å². The van der Waals surface area contributed by atoms with Crippen LogP contribution in [0.2, 0.25) is 0 Å². The van der Waals surface area contributed by atoms with Gasteiger partial charge in [-0.15, -0.1) is 0 Å². The van der Waals surface area contributed by atoms with Gasteiger partial charge in [0, 0.05) is 12.3 Å². The maximum atomic E-state index is 14.0. The highest BCUT2D eigenvalue weighted by molar-refractivity contribution is 5.99. The standard InChI is InChI=1S/C27H42O4/c1-5-6-18-22-15-17(28)11-13-27(22,4)21-12-14-26(3)19(16(2)7-10-23(29)30)8-9-20(26)24(21)25(18)31/h6,16-17,19-22,24,28H,5,7-15H2,1-4H3,(H,29,30)/b18-6+/t16?,17-,19-,20+,21+,22+,24?,26-,27-/m1/s1. The van der Waals surface area contributed by atoms with Gasteiger partial charge in [-0.2, -0.15) is 0 Å².